The summed E-state index contributed by atoms with van der Waals surface area (Å²) in [5, 5.41) is 3.31. The van der Waals surface area contributed by atoms with Gasteiger partial charge in [0.15, 0.2) is 0 Å². The summed E-state index contributed by atoms with van der Waals surface area (Å²) in [7, 11) is 1.68. The second-order valence-electron chi connectivity index (χ2n) is 3.43. The van der Waals surface area contributed by atoms with Gasteiger partial charge in [-0.2, -0.15) is 0 Å². The fraction of sp³-hybridized carbons (Fsp3) is 0.636. The zero-order chi connectivity index (χ0) is 10.9. The molecule has 0 aliphatic heterocycles. The van der Waals surface area contributed by atoms with E-state index in [2.05, 4.69) is 22.2 Å². The summed E-state index contributed by atoms with van der Waals surface area (Å²) in [4.78, 5) is 8.53. The molecule has 1 aromatic rings. The van der Waals surface area contributed by atoms with E-state index < -0.39 is 0 Å². The SMILES string of the molecule is CCCNCc1cnc(CCOC)nc1. The molecule has 4 nitrogen and oxygen atoms in total. The van der Waals surface area contributed by atoms with Crippen LogP contribution in [0.3, 0.4) is 0 Å². The number of rotatable bonds is 7. The van der Waals surface area contributed by atoms with Crippen molar-refractivity contribution in [1.82, 2.24) is 15.3 Å². The summed E-state index contributed by atoms with van der Waals surface area (Å²) in [5.74, 6) is 0.844. The largest absolute Gasteiger partial charge is 0.384 e. The summed E-state index contributed by atoms with van der Waals surface area (Å²) >= 11 is 0. The third-order valence-electron chi connectivity index (χ3n) is 2.04. The highest BCUT2D eigenvalue weighted by molar-refractivity contribution is 5.04. The van der Waals surface area contributed by atoms with E-state index in [0.717, 1.165) is 37.3 Å². The Morgan fingerprint density at radius 2 is 2.07 bits per heavy atom. The Balaban J connectivity index is 2.35. The van der Waals surface area contributed by atoms with Crippen molar-refractivity contribution in [2.24, 2.45) is 0 Å². The molecule has 84 valence electrons. The first kappa shape index (κ1) is 12.1. The molecule has 0 unspecified atom stereocenters. The summed E-state index contributed by atoms with van der Waals surface area (Å²) in [6, 6.07) is 0. The second-order valence-corrected chi connectivity index (χ2v) is 3.43. The third-order valence-corrected chi connectivity index (χ3v) is 2.04. The van der Waals surface area contributed by atoms with E-state index >= 15 is 0 Å². The molecule has 1 heterocycles. The van der Waals surface area contributed by atoms with E-state index in [0.29, 0.717) is 6.61 Å². The van der Waals surface area contributed by atoms with Crippen molar-refractivity contribution in [2.75, 3.05) is 20.3 Å². The maximum absolute atomic E-state index is 4.96. The van der Waals surface area contributed by atoms with Crippen LogP contribution in [-0.2, 0) is 17.7 Å². The molecule has 0 spiro atoms. The summed E-state index contributed by atoms with van der Waals surface area (Å²) in [6.07, 6.45) is 5.67. The molecule has 1 aromatic heterocycles. The quantitative estimate of drug-likeness (QED) is 0.685. The Bertz CT molecular complexity index is 261. The molecule has 0 atom stereocenters. The summed E-state index contributed by atoms with van der Waals surface area (Å²) in [6.45, 7) is 4.70. The second kappa shape index (κ2) is 7.31. The molecule has 0 bridgehead atoms. The van der Waals surface area contributed by atoms with Gasteiger partial charge >= 0.3 is 0 Å². The van der Waals surface area contributed by atoms with E-state index in [-0.39, 0.29) is 0 Å². The maximum atomic E-state index is 4.96. The number of ether oxygens (including phenoxy) is 1. The molecule has 0 saturated heterocycles. The van der Waals surface area contributed by atoms with E-state index in [1.165, 1.54) is 0 Å². The highest BCUT2D eigenvalue weighted by Gasteiger charge is 1.97. The Hall–Kier alpha value is -1.00. The average Bonchev–Trinajstić information content (AvgIpc) is 2.28. The first-order valence-electron chi connectivity index (χ1n) is 5.36. The van der Waals surface area contributed by atoms with Gasteiger partial charge in [-0.3, -0.25) is 0 Å². The smallest absolute Gasteiger partial charge is 0.130 e. The fourth-order valence-electron chi connectivity index (χ4n) is 1.20. The van der Waals surface area contributed by atoms with Crippen LogP contribution in [0.25, 0.3) is 0 Å². The van der Waals surface area contributed by atoms with Gasteiger partial charge in [0.05, 0.1) is 6.61 Å². The van der Waals surface area contributed by atoms with Crippen molar-refractivity contribution < 1.29 is 4.74 Å². The Morgan fingerprint density at radius 3 is 2.67 bits per heavy atom. The van der Waals surface area contributed by atoms with Gasteiger partial charge in [-0.05, 0) is 13.0 Å². The molecule has 0 aliphatic carbocycles. The van der Waals surface area contributed by atoms with Gasteiger partial charge in [0.1, 0.15) is 5.82 Å². The van der Waals surface area contributed by atoms with Crippen LogP contribution in [0, 0.1) is 0 Å². The lowest BCUT2D eigenvalue weighted by Crippen LogP contribution is -2.14. The lowest BCUT2D eigenvalue weighted by molar-refractivity contribution is 0.200. The van der Waals surface area contributed by atoms with E-state index in [9.17, 15) is 0 Å². The minimum Gasteiger partial charge on any atom is -0.384 e. The minimum absolute atomic E-state index is 0.674. The van der Waals surface area contributed by atoms with Crippen molar-refractivity contribution in [3.63, 3.8) is 0 Å². The molecule has 0 aliphatic rings. The van der Waals surface area contributed by atoms with Gasteiger partial charge in [-0.25, -0.2) is 9.97 Å². The highest BCUT2D eigenvalue weighted by atomic mass is 16.5. The zero-order valence-corrected chi connectivity index (χ0v) is 9.49. The molecule has 0 amide bonds. The first-order valence-corrected chi connectivity index (χ1v) is 5.36. The topological polar surface area (TPSA) is 47.0 Å². The molecule has 0 fully saturated rings. The molecule has 1 rings (SSSR count). The maximum Gasteiger partial charge on any atom is 0.130 e. The average molecular weight is 209 g/mol. The van der Waals surface area contributed by atoms with Gasteiger partial charge in [0.2, 0.25) is 0 Å². The Morgan fingerprint density at radius 1 is 1.33 bits per heavy atom. The zero-order valence-electron chi connectivity index (χ0n) is 9.49. The molecule has 0 saturated carbocycles. The molecule has 4 heteroatoms. The molecule has 0 aromatic carbocycles. The number of methoxy groups -OCH3 is 1. The third kappa shape index (κ3) is 4.85. The van der Waals surface area contributed by atoms with Crippen molar-refractivity contribution in [3.05, 3.63) is 23.8 Å². The molecular weight excluding hydrogens is 190 g/mol. The van der Waals surface area contributed by atoms with Crippen LogP contribution in [0.2, 0.25) is 0 Å². The minimum atomic E-state index is 0.674. The predicted molar refractivity (Wildman–Crippen MR) is 59.6 cm³/mol. The lowest BCUT2D eigenvalue weighted by Gasteiger charge is -2.03. The van der Waals surface area contributed by atoms with E-state index in [1.54, 1.807) is 7.11 Å². The van der Waals surface area contributed by atoms with Gasteiger partial charge < -0.3 is 10.1 Å². The number of hydrogen-bond acceptors (Lipinski definition) is 4. The standard InChI is InChI=1S/C11H19N3O/c1-3-5-12-7-10-8-13-11(14-9-10)4-6-15-2/h8-9,12H,3-7H2,1-2H3. The number of nitrogens with zero attached hydrogens (tertiary/aromatic N) is 2. The van der Waals surface area contributed by atoms with Crippen LogP contribution in [-0.4, -0.2) is 30.2 Å². The first-order chi connectivity index (χ1) is 7.36. The van der Waals surface area contributed by atoms with Gasteiger partial charge in [-0.1, -0.05) is 6.92 Å². The van der Waals surface area contributed by atoms with Crippen molar-refractivity contribution in [2.45, 2.75) is 26.3 Å². The molecular formula is C11H19N3O. The van der Waals surface area contributed by atoms with Crippen molar-refractivity contribution >= 4 is 0 Å². The fourth-order valence-corrected chi connectivity index (χ4v) is 1.20. The summed E-state index contributed by atoms with van der Waals surface area (Å²) < 4.78 is 4.96. The van der Waals surface area contributed by atoms with E-state index in [4.69, 9.17) is 4.74 Å². The van der Waals surface area contributed by atoms with Crippen LogP contribution < -0.4 is 5.32 Å². The van der Waals surface area contributed by atoms with Crippen LogP contribution >= 0.6 is 0 Å². The normalized spacial score (nSPS) is 10.5. The number of hydrogen-bond donors (Lipinski definition) is 1. The van der Waals surface area contributed by atoms with Gasteiger partial charge in [0, 0.05) is 38.0 Å². The van der Waals surface area contributed by atoms with E-state index in [1.807, 2.05) is 12.4 Å². The van der Waals surface area contributed by atoms with Crippen molar-refractivity contribution in [3.8, 4) is 0 Å². The molecule has 0 radical (unpaired) electrons. The van der Waals surface area contributed by atoms with Crippen LogP contribution in [0.15, 0.2) is 12.4 Å². The lowest BCUT2D eigenvalue weighted by atomic mass is 10.3. The monoisotopic (exact) mass is 209 g/mol. The highest BCUT2D eigenvalue weighted by Crippen LogP contribution is 1.96. The van der Waals surface area contributed by atoms with Crippen LogP contribution in [0.4, 0.5) is 0 Å². The number of aromatic nitrogens is 2. The Kier molecular flexibility index (Phi) is 5.88. The Labute approximate surface area is 91.1 Å². The predicted octanol–water partition coefficient (Wildman–Crippen LogP) is 1.17. The summed E-state index contributed by atoms with van der Waals surface area (Å²) in [5.41, 5.74) is 1.13. The van der Waals surface area contributed by atoms with Crippen LogP contribution in [0.1, 0.15) is 24.7 Å². The van der Waals surface area contributed by atoms with Gasteiger partial charge in [0.25, 0.3) is 0 Å². The van der Waals surface area contributed by atoms with Crippen LogP contribution in [0.5, 0.6) is 0 Å². The molecule has 15 heavy (non-hydrogen) atoms. The van der Waals surface area contributed by atoms with Gasteiger partial charge in [-0.15, -0.1) is 0 Å². The van der Waals surface area contributed by atoms with Crippen molar-refractivity contribution in [1.29, 1.82) is 0 Å². The molecule has 1 N–H and O–H groups in total. The number of nitrogens with one attached hydrogen (secondary N) is 1.